The molecule has 2 unspecified atom stereocenters. The van der Waals surface area contributed by atoms with Crippen LogP contribution in [0.1, 0.15) is 42.0 Å². The van der Waals surface area contributed by atoms with Crippen molar-refractivity contribution in [3.63, 3.8) is 0 Å². The maximum Gasteiger partial charge on any atom is 0.212 e. The van der Waals surface area contributed by atoms with Gasteiger partial charge in [-0.15, -0.1) is 11.8 Å². The summed E-state index contributed by atoms with van der Waals surface area (Å²) in [6, 6.07) is 0. The molecule has 3 fully saturated rings. The third-order valence-corrected chi connectivity index (χ3v) is 7.24. The van der Waals surface area contributed by atoms with E-state index in [2.05, 4.69) is 20.2 Å². The molecule has 5 rings (SSSR count). The number of nitrogens with one attached hydrogen (secondary N) is 1. The summed E-state index contributed by atoms with van der Waals surface area (Å²) in [7, 11) is 0. The number of rotatable bonds is 3. The minimum absolute atomic E-state index is 0.00420. The van der Waals surface area contributed by atoms with Crippen LogP contribution in [-0.4, -0.2) is 70.2 Å². The van der Waals surface area contributed by atoms with E-state index >= 15 is 0 Å². The Kier molecular flexibility index (Phi) is 4.92. The van der Waals surface area contributed by atoms with E-state index in [1.165, 1.54) is 11.8 Å². The van der Waals surface area contributed by atoms with Gasteiger partial charge < -0.3 is 14.2 Å². The summed E-state index contributed by atoms with van der Waals surface area (Å²) in [5.41, 5.74) is 0.296. The Morgan fingerprint density at radius 3 is 2.73 bits per heavy atom. The monoisotopic (exact) mass is 432 g/mol. The van der Waals surface area contributed by atoms with Gasteiger partial charge in [-0.2, -0.15) is 5.10 Å². The van der Waals surface area contributed by atoms with Crippen molar-refractivity contribution in [2.45, 2.75) is 43.4 Å². The van der Waals surface area contributed by atoms with E-state index in [-0.39, 0.29) is 24.8 Å². The van der Waals surface area contributed by atoms with Crippen LogP contribution in [0.25, 0.3) is 11.0 Å². The van der Waals surface area contributed by atoms with Crippen molar-refractivity contribution in [2.24, 2.45) is 11.3 Å². The number of ether oxygens (including phenoxy) is 3. The van der Waals surface area contributed by atoms with Crippen LogP contribution in [0.4, 0.5) is 0 Å². The first-order chi connectivity index (χ1) is 14.5. The lowest BCUT2D eigenvalue weighted by molar-refractivity contribution is -0.268. The Labute approximate surface area is 177 Å². The molecule has 2 atom stereocenters. The minimum atomic E-state index is -0.990. The van der Waals surface area contributed by atoms with Crippen LogP contribution in [0.5, 0.6) is 0 Å². The fourth-order valence-corrected chi connectivity index (χ4v) is 5.68. The van der Waals surface area contributed by atoms with Crippen LogP contribution in [-0.2, 0) is 19.0 Å². The maximum atomic E-state index is 13.8. The fourth-order valence-electron chi connectivity index (χ4n) is 5.05. The SMILES string of the molecule is CSc1nc(C(=O)C2COCC3(CCCCC34OCCO4)C2=O)nc2n[nH]c(C)c12. The zero-order valence-corrected chi connectivity index (χ0v) is 17.8. The van der Waals surface area contributed by atoms with E-state index in [1.807, 2.05) is 13.2 Å². The molecule has 0 aromatic carbocycles. The summed E-state index contributed by atoms with van der Waals surface area (Å²) >= 11 is 1.41. The van der Waals surface area contributed by atoms with Gasteiger partial charge in [-0.3, -0.25) is 14.7 Å². The molecular weight excluding hydrogens is 408 g/mol. The second kappa shape index (κ2) is 7.37. The van der Waals surface area contributed by atoms with Gasteiger partial charge >= 0.3 is 0 Å². The molecule has 1 aliphatic carbocycles. The van der Waals surface area contributed by atoms with Crippen LogP contribution in [0.3, 0.4) is 0 Å². The molecule has 1 N–H and O–H groups in total. The lowest BCUT2D eigenvalue weighted by Crippen LogP contribution is -2.63. The topological polar surface area (TPSA) is 116 Å². The van der Waals surface area contributed by atoms with E-state index in [0.717, 1.165) is 23.9 Å². The summed E-state index contributed by atoms with van der Waals surface area (Å²) in [6.45, 7) is 3.01. The second-order valence-electron chi connectivity index (χ2n) is 8.14. The number of carbonyl (C=O) groups is 2. The number of carbonyl (C=O) groups excluding carboxylic acids is 2. The molecule has 9 nitrogen and oxygen atoms in total. The van der Waals surface area contributed by atoms with Gasteiger partial charge in [0.1, 0.15) is 16.4 Å². The van der Waals surface area contributed by atoms with Gasteiger partial charge in [0, 0.05) is 12.1 Å². The average molecular weight is 433 g/mol. The van der Waals surface area contributed by atoms with Crippen molar-refractivity contribution in [3.8, 4) is 0 Å². The Balaban J connectivity index is 1.52. The summed E-state index contributed by atoms with van der Waals surface area (Å²) < 4.78 is 17.8. The van der Waals surface area contributed by atoms with Crippen LogP contribution >= 0.6 is 11.8 Å². The lowest BCUT2D eigenvalue weighted by Gasteiger charge is -2.51. The van der Waals surface area contributed by atoms with E-state index in [1.54, 1.807) is 0 Å². The lowest BCUT2D eigenvalue weighted by atomic mass is 9.62. The standard InChI is InChI=1S/C20H24N4O5S/c1-11-13-16(24-23-11)21-17(22-18(13)30-2)14(25)12-9-27-10-19(15(12)26)5-3-4-6-20(19)28-7-8-29-20/h12H,3-10H2,1-2H3,(H,21,22,23,24). The molecule has 2 aromatic heterocycles. The first kappa shape index (κ1) is 20.0. The zero-order valence-electron chi connectivity index (χ0n) is 17.0. The molecule has 2 spiro atoms. The number of thioether (sulfide) groups is 1. The number of nitrogens with zero attached hydrogens (tertiary/aromatic N) is 3. The summed E-state index contributed by atoms with van der Waals surface area (Å²) in [4.78, 5) is 36.0. The van der Waals surface area contributed by atoms with E-state index in [0.29, 0.717) is 36.7 Å². The van der Waals surface area contributed by atoms with E-state index < -0.39 is 22.9 Å². The molecule has 4 heterocycles. The largest absolute Gasteiger partial charge is 0.379 e. The Bertz CT molecular complexity index is 1010. The van der Waals surface area contributed by atoms with Gasteiger partial charge in [0.2, 0.25) is 5.78 Å². The number of hydrogen-bond donors (Lipinski definition) is 1. The molecule has 2 aliphatic heterocycles. The average Bonchev–Trinajstić information content (AvgIpc) is 3.39. The quantitative estimate of drug-likeness (QED) is 0.337. The van der Waals surface area contributed by atoms with E-state index in [9.17, 15) is 9.59 Å². The zero-order chi connectivity index (χ0) is 20.9. The fraction of sp³-hybridized carbons (Fsp3) is 0.650. The molecule has 0 radical (unpaired) electrons. The number of H-pyrrole nitrogens is 1. The third kappa shape index (κ3) is 2.77. The predicted molar refractivity (Wildman–Crippen MR) is 107 cm³/mol. The predicted octanol–water partition coefficient (Wildman–Crippen LogP) is 2.08. The molecule has 10 heteroatoms. The summed E-state index contributed by atoms with van der Waals surface area (Å²) in [5, 5.41) is 8.51. The molecular formula is C20H24N4O5S. The van der Waals surface area contributed by atoms with Crippen LogP contribution < -0.4 is 0 Å². The van der Waals surface area contributed by atoms with E-state index in [4.69, 9.17) is 14.2 Å². The number of Topliss-reactive ketones (excluding diaryl/α,β-unsaturated/α-hetero) is 2. The third-order valence-electron chi connectivity index (χ3n) is 6.55. The number of aromatic amines is 1. The molecule has 0 bridgehead atoms. The Hall–Kier alpha value is -1.88. The number of fused-ring (bicyclic) bond motifs is 2. The molecule has 3 aliphatic rings. The van der Waals surface area contributed by atoms with Crippen molar-refractivity contribution >= 4 is 34.4 Å². The van der Waals surface area contributed by atoms with Crippen molar-refractivity contribution < 1.29 is 23.8 Å². The molecule has 1 saturated carbocycles. The highest BCUT2D eigenvalue weighted by atomic mass is 32.2. The van der Waals surface area contributed by atoms with Crippen LogP contribution in [0.2, 0.25) is 0 Å². The molecule has 2 saturated heterocycles. The van der Waals surface area contributed by atoms with Gasteiger partial charge in [0.15, 0.2) is 23.0 Å². The Morgan fingerprint density at radius 2 is 1.97 bits per heavy atom. The number of aromatic nitrogens is 4. The van der Waals surface area contributed by atoms with Crippen molar-refractivity contribution in [1.82, 2.24) is 20.2 Å². The first-order valence-corrected chi connectivity index (χ1v) is 11.4. The van der Waals surface area contributed by atoms with Gasteiger partial charge in [0.25, 0.3) is 0 Å². The summed E-state index contributed by atoms with van der Waals surface area (Å²) in [6.07, 6.45) is 4.89. The normalized spacial score (nSPS) is 28.6. The molecule has 2 aromatic rings. The van der Waals surface area contributed by atoms with Gasteiger partial charge in [0.05, 0.1) is 31.8 Å². The molecule has 30 heavy (non-hydrogen) atoms. The highest BCUT2D eigenvalue weighted by Gasteiger charge is 2.64. The van der Waals surface area contributed by atoms with Gasteiger partial charge in [-0.1, -0.05) is 6.42 Å². The van der Waals surface area contributed by atoms with Crippen molar-refractivity contribution in [2.75, 3.05) is 32.7 Å². The number of aryl methyl sites for hydroxylation is 1. The first-order valence-electron chi connectivity index (χ1n) is 10.2. The molecule has 160 valence electrons. The van der Waals surface area contributed by atoms with Gasteiger partial charge in [-0.05, 0) is 26.0 Å². The van der Waals surface area contributed by atoms with Crippen LogP contribution in [0.15, 0.2) is 5.03 Å². The van der Waals surface area contributed by atoms with Crippen molar-refractivity contribution in [3.05, 3.63) is 11.5 Å². The second-order valence-corrected chi connectivity index (χ2v) is 8.93. The highest BCUT2D eigenvalue weighted by molar-refractivity contribution is 7.98. The van der Waals surface area contributed by atoms with Gasteiger partial charge in [-0.25, -0.2) is 9.97 Å². The van der Waals surface area contributed by atoms with Crippen LogP contribution in [0, 0.1) is 18.3 Å². The Morgan fingerprint density at radius 1 is 1.20 bits per heavy atom. The summed E-state index contributed by atoms with van der Waals surface area (Å²) in [5.74, 6) is -2.58. The highest BCUT2D eigenvalue weighted by Crippen LogP contribution is 2.53. The smallest absolute Gasteiger partial charge is 0.212 e. The van der Waals surface area contributed by atoms with Crippen molar-refractivity contribution in [1.29, 1.82) is 0 Å². The number of ketones is 2. The maximum absolute atomic E-state index is 13.8. The number of hydrogen-bond acceptors (Lipinski definition) is 9. The molecule has 0 amide bonds. The minimum Gasteiger partial charge on any atom is -0.379 e.